The van der Waals surface area contributed by atoms with Crippen LogP contribution in [0.25, 0.3) is 6.08 Å². The maximum atomic E-state index is 5.45. The van der Waals surface area contributed by atoms with Gasteiger partial charge in [0.25, 0.3) is 0 Å². The van der Waals surface area contributed by atoms with Crippen LogP contribution in [0.1, 0.15) is 22.8 Å². The van der Waals surface area contributed by atoms with Crippen molar-refractivity contribution in [2.45, 2.75) is 13.0 Å². The SMILES string of the molecule is C(=Cc1ccccc1)CN1CCN(Cc2nc(Cc3ccccc3)no2)CC1. The van der Waals surface area contributed by atoms with E-state index >= 15 is 0 Å². The largest absolute Gasteiger partial charge is 0.338 e. The maximum absolute atomic E-state index is 5.45. The molecule has 1 saturated heterocycles. The Morgan fingerprint density at radius 1 is 0.857 bits per heavy atom. The predicted octanol–water partition coefficient (Wildman–Crippen LogP) is 3.49. The monoisotopic (exact) mass is 374 g/mol. The molecular weight excluding hydrogens is 348 g/mol. The molecule has 4 rings (SSSR count). The van der Waals surface area contributed by atoms with Gasteiger partial charge < -0.3 is 4.52 Å². The Kier molecular flexibility index (Phi) is 6.27. The van der Waals surface area contributed by atoms with Gasteiger partial charge >= 0.3 is 0 Å². The summed E-state index contributed by atoms with van der Waals surface area (Å²) in [7, 11) is 0. The fourth-order valence-corrected chi connectivity index (χ4v) is 3.43. The first-order chi connectivity index (χ1) is 13.8. The lowest BCUT2D eigenvalue weighted by atomic mass is 10.1. The van der Waals surface area contributed by atoms with Crippen molar-refractivity contribution in [2.24, 2.45) is 0 Å². The van der Waals surface area contributed by atoms with Gasteiger partial charge in [-0.1, -0.05) is 78.0 Å². The number of aromatic nitrogens is 2. The van der Waals surface area contributed by atoms with Crippen molar-refractivity contribution in [3.05, 3.63) is 89.6 Å². The zero-order valence-corrected chi connectivity index (χ0v) is 16.1. The average Bonchev–Trinajstić information content (AvgIpc) is 3.17. The molecule has 0 radical (unpaired) electrons. The molecule has 0 saturated carbocycles. The van der Waals surface area contributed by atoms with E-state index in [0.29, 0.717) is 12.3 Å². The number of rotatable bonds is 7. The first kappa shape index (κ1) is 18.6. The molecule has 1 aliphatic heterocycles. The lowest BCUT2D eigenvalue weighted by Crippen LogP contribution is -2.45. The van der Waals surface area contributed by atoms with Crippen LogP contribution in [-0.2, 0) is 13.0 Å². The summed E-state index contributed by atoms with van der Waals surface area (Å²) < 4.78 is 5.45. The standard InChI is InChI=1S/C23H26N4O/c1-3-8-20(9-4-1)12-7-13-26-14-16-27(17-15-26)19-23-24-22(25-28-23)18-21-10-5-2-6-11-21/h1-12H,13-19H2. The summed E-state index contributed by atoms with van der Waals surface area (Å²) in [6.45, 7) is 5.89. The number of nitrogens with zero attached hydrogens (tertiary/aromatic N) is 4. The zero-order chi connectivity index (χ0) is 19.0. The quantitative estimate of drug-likeness (QED) is 0.633. The second-order valence-electron chi connectivity index (χ2n) is 7.16. The van der Waals surface area contributed by atoms with Crippen molar-refractivity contribution < 1.29 is 4.52 Å². The number of benzene rings is 2. The van der Waals surface area contributed by atoms with Gasteiger partial charge in [-0.3, -0.25) is 9.80 Å². The fourth-order valence-electron chi connectivity index (χ4n) is 3.43. The summed E-state index contributed by atoms with van der Waals surface area (Å²) in [5, 5.41) is 4.13. The lowest BCUT2D eigenvalue weighted by Gasteiger charge is -2.33. The Hall–Kier alpha value is -2.76. The van der Waals surface area contributed by atoms with Crippen LogP contribution in [-0.4, -0.2) is 52.7 Å². The Morgan fingerprint density at radius 3 is 2.29 bits per heavy atom. The molecule has 0 amide bonds. The summed E-state index contributed by atoms with van der Waals surface area (Å²) in [6.07, 6.45) is 5.16. The molecule has 1 aromatic heterocycles. The predicted molar refractivity (Wildman–Crippen MR) is 111 cm³/mol. The average molecular weight is 374 g/mol. The summed E-state index contributed by atoms with van der Waals surface area (Å²) in [4.78, 5) is 9.42. The topological polar surface area (TPSA) is 45.4 Å². The molecule has 5 heteroatoms. The molecule has 0 unspecified atom stereocenters. The van der Waals surface area contributed by atoms with Crippen molar-refractivity contribution in [1.29, 1.82) is 0 Å². The Bertz CT molecular complexity index is 868. The minimum atomic E-state index is 0.711. The highest BCUT2D eigenvalue weighted by Gasteiger charge is 2.18. The van der Waals surface area contributed by atoms with E-state index in [4.69, 9.17) is 4.52 Å². The number of hydrogen-bond donors (Lipinski definition) is 0. The van der Waals surface area contributed by atoms with Gasteiger partial charge in [-0.25, -0.2) is 0 Å². The van der Waals surface area contributed by atoms with Crippen molar-refractivity contribution in [3.63, 3.8) is 0 Å². The van der Waals surface area contributed by atoms with Crippen LogP contribution in [0, 0.1) is 0 Å². The molecule has 1 fully saturated rings. The minimum absolute atomic E-state index is 0.711. The minimum Gasteiger partial charge on any atom is -0.338 e. The van der Waals surface area contributed by atoms with Gasteiger partial charge in [-0.15, -0.1) is 0 Å². The van der Waals surface area contributed by atoms with Crippen molar-refractivity contribution >= 4 is 6.08 Å². The molecule has 1 aliphatic rings. The second-order valence-corrected chi connectivity index (χ2v) is 7.16. The van der Waals surface area contributed by atoms with Gasteiger partial charge in [-0.2, -0.15) is 4.98 Å². The molecule has 3 aromatic rings. The van der Waals surface area contributed by atoms with Crippen LogP contribution in [0.15, 0.2) is 71.3 Å². The van der Waals surface area contributed by atoms with E-state index in [2.05, 4.69) is 68.5 Å². The van der Waals surface area contributed by atoms with E-state index in [1.165, 1.54) is 11.1 Å². The van der Waals surface area contributed by atoms with Crippen molar-refractivity contribution in [3.8, 4) is 0 Å². The molecule has 5 nitrogen and oxygen atoms in total. The normalized spacial score (nSPS) is 16.0. The smallest absolute Gasteiger partial charge is 0.240 e. The molecule has 0 N–H and O–H groups in total. The van der Waals surface area contributed by atoms with Gasteiger partial charge in [-0.05, 0) is 11.1 Å². The summed E-state index contributed by atoms with van der Waals surface area (Å²) in [6, 6.07) is 20.7. The third kappa shape index (κ3) is 5.38. The second kappa shape index (κ2) is 9.44. The first-order valence-electron chi connectivity index (χ1n) is 9.87. The molecule has 0 aliphatic carbocycles. The molecule has 0 atom stereocenters. The molecule has 2 aromatic carbocycles. The van der Waals surface area contributed by atoms with Crippen LogP contribution in [0.5, 0.6) is 0 Å². The Labute approximate surface area is 166 Å². The highest BCUT2D eigenvalue weighted by molar-refractivity contribution is 5.48. The third-order valence-electron chi connectivity index (χ3n) is 5.01. The van der Waals surface area contributed by atoms with E-state index in [1.54, 1.807) is 0 Å². The van der Waals surface area contributed by atoms with Crippen LogP contribution in [0.3, 0.4) is 0 Å². The van der Waals surface area contributed by atoms with Gasteiger partial charge in [0.1, 0.15) is 0 Å². The zero-order valence-electron chi connectivity index (χ0n) is 16.1. The molecule has 2 heterocycles. The van der Waals surface area contributed by atoms with E-state index in [9.17, 15) is 0 Å². The molecule has 144 valence electrons. The van der Waals surface area contributed by atoms with Crippen LogP contribution >= 0.6 is 0 Å². The Balaban J connectivity index is 1.21. The van der Waals surface area contributed by atoms with Crippen LogP contribution in [0.4, 0.5) is 0 Å². The summed E-state index contributed by atoms with van der Waals surface area (Å²) in [5.74, 6) is 1.47. The first-order valence-corrected chi connectivity index (χ1v) is 9.87. The van der Waals surface area contributed by atoms with E-state index < -0.39 is 0 Å². The Morgan fingerprint density at radius 2 is 1.54 bits per heavy atom. The van der Waals surface area contributed by atoms with E-state index in [0.717, 1.165) is 45.1 Å². The summed E-state index contributed by atoms with van der Waals surface area (Å²) in [5.41, 5.74) is 2.45. The molecule has 28 heavy (non-hydrogen) atoms. The summed E-state index contributed by atoms with van der Waals surface area (Å²) >= 11 is 0. The van der Waals surface area contributed by atoms with Gasteiger partial charge in [0.2, 0.25) is 5.89 Å². The number of piperazine rings is 1. The fraction of sp³-hybridized carbons (Fsp3) is 0.304. The van der Waals surface area contributed by atoms with Gasteiger partial charge in [0.15, 0.2) is 5.82 Å². The molecule has 0 spiro atoms. The van der Waals surface area contributed by atoms with Gasteiger partial charge in [0.05, 0.1) is 6.54 Å². The maximum Gasteiger partial charge on any atom is 0.240 e. The lowest BCUT2D eigenvalue weighted by molar-refractivity contribution is 0.125. The van der Waals surface area contributed by atoms with Crippen molar-refractivity contribution in [2.75, 3.05) is 32.7 Å². The molecule has 0 bridgehead atoms. The van der Waals surface area contributed by atoms with Crippen LogP contribution < -0.4 is 0 Å². The van der Waals surface area contributed by atoms with Crippen molar-refractivity contribution in [1.82, 2.24) is 19.9 Å². The van der Waals surface area contributed by atoms with E-state index in [-0.39, 0.29) is 0 Å². The highest BCUT2D eigenvalue weighted by Crippen LogP contribution is 2.10. The van der Waals surface area contributed by atoms with E-state index in [1.807, 2.05) is 24.3 Å². The van der Waals surface area contributed by atoms with Crippen LogP contribution in [0.2, 0.25) is 0 Å². The third-order valence-corrected chi connectivity index (χ3v) is 5.01. The highest BCUT2D eigenvalue weighted by atomic mass is 16.5. The molecular formula is C23H26N4O. The number of hydrogen-bond acceptors (Lipinski definition) is 5. The van der Waals surface area contributed by atoms with Gasteiger partial charge in [0, 0.05) is 39.1 Å².